The van der Waals surface area contributed by atoms with Crippen LogP contribution < -0.4 is 15.1 Å². The van der Waals surface area contributed by atoms with Crippen LogP contribution >= 0.6 is 23.8 Å². The van der Waals surface area contributed by atoms with Crippen LogP contribution in [0.2, 0.25) is 5.02 Å². The second-order valence-electron chi connectivity index (χ2n) is 10.9. The highest BCUT2D eigenvalue weighted by Crippen LogP contribution is 2.45. The summed E-state index contributed by atoms with van der Waals surface area (Å²) in [5.41, 5.74) is 6.82. The first-order valence-electron chi connectivity index (χ1n) is 13.8. The Labute approximate surface area is 245 Å². The number of aromatic nitrogens is 2. The van der Waals surface area contributed by atoms with Crippen molar-refractivity contribution in [3.05, 3.63) is 106 Å². The number of thiocarbonyl (C=S) groups is 1. The van der Waals surface area contributed by atoms with Crippen molar-refractivity contribution in [3.63, 3.8) is 0 Å². The minimum Gasteiger partial charge on any atom is -0.370 e. The minimum absolute atomic E-state index is 0.183. The molecule has 4 heterocycles. The number of rotatable bonds is 5. The van der Waals surface area contributed by atoms with E-state index in [4.69, 9.17) is 23.8 Å². The highest BCUT2D eigenvalue weighted by molar-refractivity contribution is 7.80. The van der Waals surface area contributed by atoms with Gasteiger partial charge in [-0.15, -0.1) is 0 Å². The highest BCUT2D eigenvalue weighted by atomic mass is 35.5. The molecule has 0 unspecified atom stereocenters. The third-order valence-electron chi connectivity index (χ3n) is 8.29. The second kappa shape index (κ2) is 10.9. The van der Waals surface area contributed by atoms with E-state index in [-0.39, 0.29) is 17.9 Å². The smallest absolute Gasteiger partial charge is 0.174 e. The molecule has 6 rings (SSSR count). The van der Waals surface area contributed by atoms with Crippen LogP contribution in [0.3, 0.4) is 0 Å². The fourth-order valence-electron chi connectivity index (χ4n) is 6.20. The Hall–Kier alpha value is -3.42. The van der Waals surface area contributed by atoms with Crippen molar-refractivity contribution < 1.29 is 4.39 Å². The average Bonchev–Trinajstić information content (AvgIpc) is 3.44. The molecule has 0 spiro atoms. The first-order chi connectivity index (χ1) is 19.3. The number of anilines is 2. The van der Waals surface area contributed by atoms with E-state index in [2.05, 4.69) is 56.7 Å². The summed E-state index contributed by atoms with van der Waals surface area (Å²) in [7, 11) is 0. The number of aryl methyl sites for hydroxylation is 1. The van der Waals surface area contributed by atoms with Gasteiger partial charge in [0.25, 0.3) is 0 Å². The number of benzene rings is 2. The largest absolute Gasteiger partial charge is 0.370 e. The van der Waals surface area contributed by atoms with Crippen LogP contribution in [0.15, 0.2) is 72.9 Å². The highest BCUT2D eigenvalue weighted by Gasteiger charge is 2.42. The van der Waals surface area contributed by atoms with Crippen molar-refractivity contribution in [2.75, 3.05) is 22.9 Å². The lowest BCUT2D eigenvalue weighted by molar-refractivity contribution is 0.438. The Kier molecular flexibility index (Phi) is 7.27. The maximum Gasteiger partial charge on any atom is 0.174 e. The van der Waals surface area contributed by atoms with Gasteiger partial charge in [0.2, 0.25) is 0 Å². The number of pyridine rings is 1. The number of piperidine rings is 1. The SMILES string of the molecule is Cc1cc([C@@H]2[C@@H](c3ccccn3)NC(=S)N2c2ccc(N3CCC(C)CC3)c(Cl)c2)c(C)n1-c1cccc(F)c1. The predicted molar refractivity (Wildman–Crippen MR) is 165 cm³/mol. The van der Waals surface area contributed by atoms with Gasteiger partial charge in [-0.05, 0) is 105 Å². The molecule has 206 valence electrons. The molecule has 2 aliphatic heterocycles. The third kappa shape index (κ3) is 4.86. The topological polar surface area (TPSA) is 36.3 Å². The van der Waals surface area contributed by atoms with E-state index < -0.39 is 0 Å². The Bertz CT molecular complexity index is 1550. The number of hydrogen-bond donors (Lipinski definition) is 1. The Balaban J connectivity index is 1.44. The van der Waals surface area contributed by atoms with Crippen LogP contribution in [0.4, 0.5) is 15.8 Å². The molecule has 4 aromatic rings. The molecule has 2 aromatic carbocycles. The molecule has 2 aliphatic rings. The van der Waals surface area contributed by atoms with Crippen LogP contribution in [0.25, 0.3) is 5.69 Å². The molecule has 2 atom stereocenters. The number of hydrogen-bond acceptors (Lipinski definition) is 3. The van der Waals surface area contributed by atoms with E-state index in [9.17, 15) is 4.39 Å². The lowest BCUT2D eigenvalue weighted by Crippen LogP contribution is -2.33. The monoisotopic (exact) mass is 573 g/mol. The number of halogens is 2. The van der Waals surface area contributed by atoms with Gasteiger partial charge < -0.3 is 19.7 Å². The Morgan fingerprint density at radius 3 is 2.48 bits per heavy atom. The van der Waals surface area contributed by atoms with Crippen molar-refractivity contribution >= 4 is 40.3 Å². The van der Waals surface area contributed by atoms with Gasteiger partial charge in [-0.25, -0.2) is 4.39 Å². The number of nitrogens with zero attached hydrogens (tertiary/aromatic N) is 4. The average molecular weight is 574 g/mol. The molecule has 40 heavy (non-hydrogen) atoms. The summed E-state index contributed by atoms with van der Waals surface area (Å²) in [6, 6.07) is 20.7. The molecular weight excluding hydrogens is 541 g/mol. The zero-order valence-corrected chi connectivity index (χ0v) is 24.5. The maximum atomic E-state index is 14.2. The molecule has 0 saturated carbocycles. The molecule has 8 heteroatoms. The minimum atomic E-state index is -0.263. The molecule has 1 N–H and O–H groups in total. The van der Waals surface area contributed by atoms with E-state index in [1.807, 2.05) is 37.3 Å². The first kappa shape index (κ1) is 26.8. The molecule has 2 aromatic heterocycles. The summed E-state index contributed by atoms with van der Waals surface area (Å²) < 4.78 is 16.3. The van der Waals surface area contributed by atoms with E-state index in [0.29, 0.717) is 5.11 Å². The van der Waals surface area contributed by atoms with Gasteiger partial charge in [-0.1, -0.05) is 30.7 Å². The summed E-state index contributed by atoms with van der Waals surface area (Å²) in [4.78, 5) is 9.22. The lowest BCUT2D eigenvalue weighted by atomic mass is 9.96. The number of nitrogens with one attached hydrogen (secondary N) is 1. The predicted octanol–water partition coefficient (Wildman–Crippen LogP) is 7.70. The van der Waals surface area contributed by atoms with E-state index in [0.717, 1.165) is 63.7 Å². The normalized spacial score (nSPS) is 19.8. The summed E-state index contributed by atoms with van der Waals surface area (Å²) >= 11 is 12.9. The van der Waals surface area contributed by atoms with Crippen LogP contribution in [0, 0.1) is 25.6 Å². The van der Waals surface area contributed by atoms with Crippen molar-refractivity contribution in [3.8, 4) is 5.69 Å². The molecular formula is C32H33ClFN5S. The van der Waals surface area contributed by atoms with Crippen molar-refractivity contribution in [2.24, 2.45) is 5.92 Å². The molecule has 0 radical (unpaired) electrons. The quantitative estimate of drug-likeness (QED) is 0.248. The van der Waals surface area contributed by atoms with Gasteiger partial charge in [0.15, 0.2) is 5.11 Å². The van der Waals surface area contributed by atoms with E-state index in [1.165, 1.54) is 18.9 Å². The van der Waals surface area contributed by atoms with E-state index >= 15 is 0 Å². The molecule has 2 fully saturated rings. The Morgan fingerprint density at radius 1 is 0.975 bits per heavy atom. The molecule has 5 nitrogen and oxygen atoms in total. The van der Waals surface area contributed by atoms with Gasteiger partial charge in [-0.3, -0.25) is 4.98 Å². The molecule has 0 aliphatic carbocycles. The van der Waals surface area contributed by atoms with E-state index in [1.54, 1.807) is 18.3 Å². The second-order valence-corrected chi connectivity index (χ2v) is 11.7. The van der Waals surface area contributed by atoms with Crippen LogP contribution in [-0.2, 0) is 0 Å². The zero-order valence-electron chi connectivity index (χ0n) is 22.9. The lowest BCUT2D eigenvalue weighted by Gasteiger charge is -2.33. The molecule has 0 amide bonds. The van der Waals surface area contributed by atoms with Crippen LogP contribution in [0.5, 0.6) is 0 Å². The van der Waals surface area contributed by atoms with Gasteiger partial charge in [0, 0.05) is 42.0 Å². The van der Waals surface area contributed by atoms with Gasteiger partial charge in [0.1, 0.15) is 5.82 Å². The van der Waals surface area contributed by atoms with Crippen molar-refractivity contribution in [2.45, 2.75) is 45.7 Å². The summed E-state index contributed by atoms with van der Waals surface area (Å²) in [5, 5.41) is 4.89. The van der Waals surface area contributed by atoms with Crippen LogP contribution in [-0.4, -0.2) is 27.8 Å². The summed E-state index contributed by atoms with van der Waals surface area (Å²) in [6.45, 7) is 8.47. The maximum absolute atomic E-state index is 14.2. The van der Waals surface area contributed by atoms with Crippen molar-refractivity contribution in [1.82, 2.24) is 14.9 Å². The van der Waals surface area contributed by atoms with Crippen molar-refractivity contribution in [1.29, 1.82) is 0 Å². The zero-order chi connectivity index (χ0) is 28.0. The third-order valence-corrected chi connectivity index (χ3v) is 8.90. The van der Waals surface area contributed by atoms with Crippen LogP contribution in [0.1, 0.15) is 54.5 Å². The standard InChI is InChI=1S/C32H33ClFN5S/c1-20-12-15-37(16-13-20)29-11-10-25(19-27(29)33)39-31(30(36-32(39)40)28-9-4-5-14-35-28)26-17-21(2)38(22(26)3)24-8-6-7-23(34)18-24/h4-11,14,17-20,30-31H,12-13,15-16H2,1-3H3,(H,36,40)/t30-,31-/m1/s1. The van der Waals surface area contributed by atoms with Gasteiger partial charge >= 0.3 is 0 Å². The first-order valence-corrected chi connectivity index (χ1v) is 14.6. The Morgan fingerprint density at radius 2 is 1.77 bits per heavy atom. The molecule has 0 bridgehead atoms. The fourth-order valence-corrected chi connectivity index (χ4v) is 6.84. The molecule has 2 saturated heterocycles. The summed E-state index contributed by atoms with van der Waals surface area (Å²) in [6.07, 6.45) is 4.15. The summed E-state index contributed by atoms with van der Waals surface area (Å²) in [5.74, 6) is 0.485. The van der Waals surface area contributed by atoms with Gasteiger partial charge in [-0.2, -0.15) is 0 Å². The van der Waals surface area contributed by atoms with Gasteiger partial charge in [0.05, 0.1) is 28.5 Å². The fraction of sp³-hybridized carbons (Fsp3) is 0.312.